The third kappa shape index (κ3) is 2.52. The van der Waals surface area contributed by atoms with Gasteiger partial charge in [0.25, 0.3) is 9.05 Å². The van der Waals surface area contributed by atoms with Gasteiger partial charge in [-0.05, 0) is 24.3 Å². The summed E-state index contributed by atoms with van der Waals surface area (Å²) in [5, 5.41) is 0. The maximum absolute atomic E-state index is 13.8. The lowest BCUT2D eigenvalue weighted by Gasteiger charge is -2.05. The smallest absolute Gasteiger partial charge is 0.207 e. The first-order valence-corrected chi connectivity index (χ1v) is 7.19. The molecule has 2 nitrogen and oxygen atoms in total. The maximum atomic E-state index is 13.8. The largest absolute Gasteiger partial charge is 0.261 e. The van der Waals surface area contributed by atoms with Gasteiger partial charge >= 0.3 is 0 Å². The second kappa shape index (κ2) is 4.66. The van der Waals surface area contributed by atoms with Gasteiger partial charge in [0.1, 0.15) is 11.6 Å². The molecule has 0 bridgehead atoms. The van der Waals surface area contributed by atoms with Crippen LogP contribution in [0.5, 0.6) is 0 Å². The second-order valence-corrected chi connectivity index (χ2v) is 6.13. The molecule has 0 aliphatic heterocycles. The van der Waals surface area contributed by atoms with Gasteiger partial charge in [0.15, 0.2) is 0 Å². The molecule has 0 spiro atoms. The molecule has 0 amide bonds. The lowest BCUT2D eigenvalue weighted by Crippen LogP contribution is -1.94. The SMILES string of the molecule is O=S(=O)(Cl)c1ccc(-c2ccccc2F)c(F)c1. The van der Waals surface area contributed by atoms with Crippen molar-refractivity contribution in [1.29, 1.82) is 0 Å². The maximum Gasteiger partial charge on any atom is 0.261 e. The van der Waals surface area contributed by atoms with Gasteiger partial charge in [0, 0.05) is 21.8 Å². The molecule has 0 saturated heterocycles. The molecule has 2 aromatic carbocycles. The molecular weight excluding hydrogens is 282 g/mol. The van der Waals surface area contributed by atoms with Gasteiger partial charge in [-0.1, -0.05) is 18.2 Å². The van der Waals surface area contributed by atoms with Crippen LogP contribution >= 0.6 is 10.7 Å². The molecule has 0 aromatic heterocycles. The van der Waals surface area contributed by atoms with E-state index in [1.54, 1.807) is 6.07 Å². The molecule has 0 atom stereocenters. The quantitative estimate of drug-likeness (QED) is 0.792. The third-order valence-corrected chi connectivity index (χ3v) is 3.74. The third-order valence-electron chi connectivity index (χ3n) is 2.39. The fraction of sp³-hybridized carbons (Fsp3) is 0. The van der Waals surface area contributed by atoms with E-state index in [4.69, 9.17) is 10.7 Å². The Kier molecular flexibility index (Phi) is 3.36. The summed E-state index contributed by atoms with van der Waals surface area (Å²) < 4.78 is 49.3. The molecule has 2 aromatic rings. The predicted octanol–water partition coefficient (Wildman–Crippen LogP) is 3.56. The molecule has 0 radical (unpaired) electrons. The highest BCUT2D eigenvalue weighted by molar-refractivity contribution is 8.13. The van der Waals surface area contributed by atoms with E-state index in [9.17, 15) is 17.2 Å². The van der Waals surface area contributed by atoms with Crippen molar-refractivity contribution in [2.75, 3.05) is 0 Å². The highest BCUT2D eigenvalue weighted by Gasteiger charge is 2.15. The van der Waals surface area contributed by atoms with Crippen LogP contribution in [0.3, 0.4) is 0 Å². The van der Waals surface area contributed by atoms with Crippen molar-refractivity contribution in [3.05, 3.63) is 54.1 Å². The first-order valence-electron chi connectivity index (χ1n) is 4.89. The summed E-state index contributed by atoms with van der Waals surface area (Å²) in [6.07, 6.45) is 0. The molecule has 0 unspecified atom stereocenters. The summed E-state index contributed by atoms with van der Waals surface area (Å²) in [5.74, 6) is -1.43. The summed E-state index contributed by atoms with van der Waals surface area (Å²) in [4.78, 5) is -0.359. The summed E-state index contributed by atoms with van der Waals surface area (Å²) in [5.41, 5.74) is 0.0469. The molecule has 0 fully saturated rings. The highest BCUT2D eigenvalue weighted by atomic mass is 35.7. The van der Waals surface area contributed by atoms with E-state index in [2.05, 4.69) is 0 Å². The zero-order chi connectivity index (χ0) is 13.3. The highest BCUT2D eigenvalue weighted by Crippen LogP contribution is 2.28. The Morgan fingerprint density at radius 1 is 0.889 bits per heavy atom. The fourth-order valence-corrected chi connectivity index (χ4v) is 2.31. The lowest BCUT2D eigenvalue weighted by atomic mass is 10.0. The van der Waals surface area contributed by atoms with Gasteiger partial charge < -0.3 is 0 Å². The topological polar surface area (TPSA) is 34.1 Å². The second-order valence-electron chi connectivity index (χ2n) is 3.56. The average molecular weight is 289 g/mol. The minimum atomic E-state index is -4.00. The van der Waals surface area contributed by atoms with Crippen LogP contribution in [0, 0.1) is 11.6 Å². The Bertz CT molecular complexity index is 699. The van der Waals surface area contributed by atoms with Crippen molar-refractivity contribution in [3.63, 3.8) is 0 Å². The first-order chi connectivity index (χ1) is 8.39. The molecular formula is C12H7ClF2O2S. The van der Waals surface area contributed by atoms with Crippen LogP contribution in [0.15, 0.2) is 47.4 Å². The van der Waals surface area contributed by atoms with E-state index in [0.717, 1.165) is 12.1 Å². The Labute approximate surface area is 107 Å². The molecule has 0 aliphatic rings. The molecule has 6 heteroatoms. The van der Waals surface area contributed by atoms with Crippen molar-refractivity contribution in [1.82, 2.24) is 0 Å². The van der Waals surface area contributed by atoms with Crippen molar-refractivity contribution >= 4 is 19.7 Å². The van der Waals surface area contributed by atoms with Gasteiger partial charge in [-0.2, -0.15) is 0 Å². The average Bonchev–Trinajstić information content (AvgIpc) is 2.29. The first kappa shape index (κ1) is 13.0. The molecule has 0 saturated carbocycles. The number of rotatable bonds is 2. The normalized spacial score (nSPS) is 11.5. The van der Waals surface area contributed by atoms with Crippen LogP contribution in [0.4, 0.5) is 8.78 Å². The van der Waals surface area contributed by atoms with Gasteiger partial charge in [-0.15, -0.1) is 0 Å². The summed E-state index contributed by atoms with van der Waals surface area (Å²) in [6, 6.07) is 8.72. The minimum Gasteiger partial charge on any atom is -0.207 e. The molecule has 2 rings (SSSR count). The predicted molar refractivity (Wildman–Crippen MR) is 64.8 cm³/mol. The summed E-state index contributed by atoms with van der Waals surface area (Å²) >= 11 is 0. The van der Waals surface area contributed by atoms with Gasteiger partial charge in [0.2, 0.25) is 0 Å². The van der Waals surface area contributed by atoms with Gasteiger partial charge in [-0.25, -0.2) is 17.2 Å². The zero-order valence-electron chi connectivity index (χ0n) is 8.90. The lowest BCUT2D eigenvalue weighted by molar-refractivity contribution is 0.601. The zero-order valence-corrected chi connectivity index (χ0v) is 10.5. The Morgan fingerprint density at radius 3 is 2.06 bits per heavy atom. The van der Waals surface area contributed by atoms with E-state index >= 15 is 0 Å². The summed E-state index contributed by atoms with van der Waals surface area (Å²) in [6.45, 7) is 0. The number of hydrogen-bond donors (Lipinski definition) is 0. The fourth-order valence-electron chi connectivity index (χ4n) is 1.55. The van der Waals surface area contributed by atoms with Crippen LogP contribution < -0.4 is 0 Å². The number of halogens is 3. The Balaban J connectivity index is 2.59. The van der Waals surface area contributed by atoms with Crippen LogP contribution in [-0.2, 0) is 9.05 Å². The van der Waals surface area contributed by atoms with E-state index in [0.29, 0.717) is 0 Å². The van der Waals surface area contributed by atoms with Gasteiger partial charge in [-0.3, -0.25) is 0 Å². The number of hydrogen-bond acceptors (Lipinski definition) is 2. The molecule has 18 heavy (non-hydrogen) atoms. The van der Waals surface area contributed by atoms with E-state index in [1.165, 1.54) is 24.3 Å². The Hall–Kier alpha value is -1.46. The molecule has 0 N–H and O–H groups in total. The van der Waals surface area contributed by atoms with E-state index < -0.39 is 20.7 Å². The van der Waals surface area contributed by atoms with Gasteiger partial charge in [0.05, 0.1) is 4.90 Å². The van der Waals surface area contributed by atoms with Crippen LogP contribution in [-0.4, -0.2) is 8.42 Å². The van der Waals surface area contributed by atoms with Crippen LogP contribution in [0.2, 0.25) is 0 Å². The van der Waals surface area contributed by atoms with Crippen molar-refractivity contribution in [2.45, 2.75) is 4.90 Å². The summed E-state index contributed by atoms with van der Waals surface area (Å²) in [7, 11) is 1.10. The van der Waals surface area contributed by atoms with E-state index in [1.807, 2.05) is 0 Å². The molecule has 94 valence electrons. The minimum absolute atomic E-state index is 0.0165. The molecule has 0 heterocycles. The standard InChI is InChI=1S/C12H7ClF2O2S/c13-18(16,17)8-5-6-10(12(15)7-8)9-3-1-2-4-11(9)14/h1-7H. The Morgan fingerprint density at radius 2 is 1.50 bits per heavy atom. The monoisotopic (exact) mass is 288 g/mol. The molecule has 0 aliphatic carbocycles. The van der Waals surface area contributed by atoms with Crippen molar-refractivity contribution < 1.29 is 17.2 Å². The van der Waals surface area contributed by atoms with Crippen LogP contribution in [0.1, 0.15) is 0 Å². The van der Waals surface area contributed by atoms with Crippen molar-refractivity contribution in [2.24, 2.45) is 0 Å². The van der Waals surface area contributed by atoms with Crippen molar-refractivity contribution in [3.8, 4) is 11.1 Å². The van der Waals surface area contributed by atoms with Crippen LogP contribution in [0.25, 0.3) is 11.1 Å². The van der Waals surface area contributed by atoms with E-state index in [-0.39, 0.29) is 16.0 Å². The number of benzene rings is 2.